The molecule has 1 saturated carbocycles. The molecule has 1 heterocycles. The lowest BCUT2D eigenvalue weighted by Gasteiger charge is -2.18. The van der Waals surface area contributed by atoms with Crippen molar-refractivity contribution >= 4 is 11.6 Å². The second kappa shape index (κ2) is 7.65. The Morgan fingerprint density at radius 3 is 2.57 bits per heavy atom. The van der Waals surface area contributed by atoms with Crippen molar-refractivity contribution in [2.45, 2.75) is 50.9 Å². The normalized spacial score (nSPS) is 16.1. The predicted molar refractivity (Wildman–Crippen MR) is 97.7 cm³/mol. The highest BCUT2D eigenvalue weighted by atomic mass is 19.4. The van der Waals surface area contributed by atoms with Gasteiger partial charge in [-0.3, -0.25) is 9.59 Å². The van der Waals surface area contributed by atoms with Crippen LogP contribution in [0.3, 0.4) is 0 Å². The first kappa shape index (κ1) is 19.9. The monoisotopic (exact) mass is 394 g/mol. The van der Waals surface area contributed by atoms with Crippen molar-refractivity contribution in [1.82, 2.24) is 15.1 Å². The first-order valence-electron chi connectivity index (χ1n) is 9.03. The van der Waals surface area contributed by atoms with Crippen molar-refractivity contribution in [2.75, 3.05) is 5.73 Å². The van der Waals surface area contributed by atoms with Crippen LogP contribution < -0.4 is 16.6 Å². The average molecular weight is 394 g/mol. The highest BCUT2D eigenvalue weighted by Crippen LogP contribution is 2.32. The highest BCUT2D eigenvalue weighted by Gasteiger charge is 2.31. The second-order valence-electron chi connectivity index (χ2n) is 7.02. The molecule has 3 N–H and O–H groups in total. The zero-order valence-corrected chi connectivity index (χ0v) is 15.3. The molecule has 0 bridgehead atoms. The van der Waals surface area contributed by atoms with Crippen LogP contribution in [0.15, 0.2) is 35.1 Å². The number of hydrogen-bond acceptors (Lipinski definition) is 4. The minimum atomic E-state index is -4.54. The summed E-state index contributed by atoms with van der Waals surface area (Å²) in [6.07, 6.45) is -0.867. The first-order chi connectivity index (χ1) is 13.1. The van der Waals surface area contributed by atoms with E-state index in [1.165, 1.54) is 22.9 Å². The summed E-state index contributed by atoms with van der Waals surface area (Å²) in [5.41, 5.74) is 4.65. The second-order valence-corrected chi connectivity index (χ2v) is 7.02. The molecule has 0 radical (unpaired) electrons. The molecule has 0 spiro atoms. The van der Waals surface area contributed by atoms with E-state index in [1.54, 1.807) is 6.92 Å². The minimum Gasteiger partial charge on any atom is -0.399 e. The largest absolute Gasteiger partial charge is 0.416 e. The van der Waals surface area contributed by atoms with Crippen molar-refractivity contribution < 1.29 is 18.0 Å². The van der Waals surface area contributed by atoms with Gasteiger partial charge in [0.05, 0.1) is 17.6 Å². The van der Waals surface area contributed by atoms with Crippen molar-refractivity contribution in [1.29, 1.82) is 0 Å². The van der Waals surface area contributed by atoms with Crippen LogP contribution in [0.2, 0.25) is 0 Å². The Morgan fingerprint density at radius 2 is 1.93 bits per heavy atom. The number of carbonyl (C=O) groups excluding carboxylic acids is 1. The topological polar surface area (TPSA) is 90.0 Å². The lowest BCUT2D eigenvalue weighted by molar-refractivity contribution is -0.137. The Bertz CT molecular complexity index is 934. The van der Waals surface area contributed by atoms with E-state index in [9.17, 15) is 22.8 Å². The third-order valence-electron chi connectivity index (χ3n) is 4.88. The number of aromatic nitrogens is 2. The van der Waals surface area contributed by atoms with E-state index >= 15 is 0 Å². The number of rotatable bonds is 4. The maximum absolute atomic E-state index is 13.0. The molecule has 150 valence electrons. The van der Waals surface area contributed by atoms with Gasteiger partial charge in [0.25, 0.3) is 11.5 Å². The quantitative estimate of drug-likeness (QED) is 0.778. The first-order valence-corrected chi connectivity index (χ1v) is 9.03. The highest BCUT2D eigenvalue weighted by molar-refractivity contribution is 5.92. The molecule has 1 aromatic carbocycles. The van der Waals surface area contributed by atoms with Crippen LogP contribution in [0.4, 0.5) is 18.9 Å². The van der Waals surface area contributed by atoms with Gasteiger partial charge in [0, 0.05) is 11.8 Å². The zero-order valence-electron chi connectivity index (χ0n) is 15.3. The van der Waals surface area contributed by atoms with Crippen molar-refractivity contribution in [3.63, 3.8) is 0 Å². The van der Waals surface area contributed by atoms with E-state index in [4.69, 9.17) is 5.73 Å². The Kier molecular flexibility index (Phi) is 5.44. The number of benzene rings is 1. The molecule has 1 atom stereocenters. The summed E-state index contributed by atoms with van der Waals surface area (Å²) in [7, 11) is 0. The van der Waals surface area contributed by atoms with Gasteiger partial charge in [-0.2, -0.15) is 18.3 Å². The van der Waals surface area contributed by atoms with Crippen molar-refractivity contribution in [2.24, 2.45) is 0 Å². The fourth-order valence-corrected chi connectivity index (χ4v) is 3.40. The smallest absolute Gasteiger partial charge is 0.399 e. The Morgan fingerprint density at radius 1 is 1.25 bits per heavy atom. The SMILES string of the molecule is C[C@@H](NC(=O)c1ccc(=O)n(C2CCCC2)n1)c1cc(N)cc(C(F)(F)F)c1. The molecule has 1 aliphatic rings. The fraction of sp³-hybridized carbons (Fsp3) is 0.421. The summed E-state index contributed by atoms with van der Waals surface area (Å²) in [5, 5.41) is 6.78. The van der Waals surface area contributed by atoms with Crippen LogP contribution in [-0.2, 0) is 6.18 Å². The van der Waals surface area contributed by atoms with E-state index in [0.717, 1.165) is 37.8 Å². The summed E-state index contributed by atoms with van der Waals surface area (Å²) in [6, 6.07) is 5.02. The number of hydrogen-bond donors (Lipinski definition) is 2. The van der Waals surface area contributed by atoms with Crippen molar-refractivity contribution in [3.8, 4) is 0 Å². The van der Waals surface area contributed by atoms with E-state index in [-0.39, 0.29) is 28.5 Å². The Hall–Kier alpha value is -2.84. The molecule has 1 amide bonds. The van der Waals surface area contributed by atoms with E-state index < -0.39 is 23.7 Å². The molecule has 0 aliphatic heterocycles. The molecule has 3 rings (SSSR count). The lowest BCUT2D eigenvalue weighted by atomic mass is 10.0. The number of nitrogens with one attached hydrogen (secondary N) is 1. The summed E-state index contributed by atoms with van der Waals surface area (Å²) >= 11 is 0. The average Bonchev–Trinajstić information content (AvgIpc) is 3.15. The van der Waals surface area contributed by atoms with Crippen LogP contribution in [0.1, 0.15) is 66.3 Å². The molecule has 2 aromatic rings. The maximum atomic E-state index is 13.0. The van der Waals surface area contributed by atoms with E-state index in [0.29, 0.717) is 0 Å². The zero-order chi connectivity index (χ0) is 20.5. The number of anilines is 1. The third kappa shape index (κ3) is 4.35. The number of alkyl halides is 3. The Labute approximate surface area is 159 Å². The van der Waals surface area contributed by atoms with E-state index in [2.05, 4.69) is 10.4 Å². The van der Waals surface area contributed by atoms with Crippen LogP contribution in [-0.4, -0.2) is 15.7 Å². The number of carbonyl (C=O) groups is 1. The fourth-order valence-electron chi connectivity index (χ4n) is 3.40. The summed E-state index contributed by atoms with van der Waals surface area (Å²) in [5.74, 6) is -0.574. The molecule has 1 aromatic heterocycles. The van der Waals surface area contributed by atoms with E-state index in [1.807, 2.05) is 0 Å². The molecule has 1 fully saturated rings. The van der Waals surface area contributed by atoms with Gasteiger partial charge in [-0.25, -0.2) is 4.68 Å². The number of nitrogens with zero attached hydrogens (tertiary/aromatic N) is 2. The number of amides is 1. The molecule has 0 unspecified atom stereocenters. The molecule has 28 heavy (non-hydrogen) atoms. The van der Waals surface area contributed by atoms with Gasteiger partial charge in [-0.05, 0) is 49.6 Å². The number of nitrogen functional groups attached to an aromatic ring is 1. The van der Waals surface area contributed by atoms with Crippen molar-refractivity contribution in [3.05, 3.63) is 57.5 Å². The number of nitrogens with two attached hydrogens (primary N) is 1. The third-order valence-corrected chi connectivity index (χ3v) is 4.88. The van der Waals surface area contributed by atoms with Gasteiger partial charge in [0.15, 0.2) is 0 Å². The van der Waals surface area contributed by atoms with Gasteiger partial charge in [-0.15, -0.1) is 0 Å². The molecule has 9 heteroatoms. The lowest BCUT2D eigenvalue weighted by Crippen LogP contribution is -2.32. The standard InChI is InChI=1S/C19H21F3N4O2/c1-11(12-8-13(19(20,21)22)10-14(23)9-12)24-18(28)16-6-7-17(27)26(25-16)15-4-2-3-5-15/h6-11,15H,2-5,23H2,1H3,(H,24,28)/t11-/m1/s1. The van der Waals surface area contributed by atoms with Crippen LogP contribution in [0, 0.1) is 0 Å². The van der Waals surface area contributed by atoms with Crippen LogP contribution >= 0.6 is 0 Å². The van der Waals surface area contributed by atoms with Gasteiger partial charge in [-0.1, -0.05) is 12.8 Å². The van der Waals surface area contributed by atoms with Gasteiger partial charge < -0.3 is 11.1 Å². The summed E-state index contributed by atoms with van der Waals surface area (Å²) in [6.45, 7) is 1.56. The molecular formula is C19H21F3N4O2. The molecule has 0 saturated heterocycles. The summed E-state index contributed by atoms with van der Waals surface area (Å²) < 4.78 is 40.3. The summed E-state index contributed by atoms with van der Waals surface area (Å²) in [4.78, 5) is 24.6. The van der Waals surface area contributed by atoms with Gasteiger partial charge in [0.1, 0.15) is 5.69 Å². The molecule has 1 aliphatic carbocycles. The maximum Gasteiger partial charge on any atom is 0.416 e. The van der Waals surface area contributed by atoms with Crippen LogP contribution in [0.5, 0.6) is 0 Å². The van der Waals surface area contributed by atoms with Gasteiger partial charge >= 0.3 is 6.18 Å². The molecule has 6 nitrogen and oxygen atoms in total. The van der Waals surface area contributed by atoms with Crippen LogP contribution in [0.25, 0.3) is 0 Å². The van der Waals surface area contributed by atoms with Gasteiger partial charge in [0.2, 0.25) is 0 Å². The Balaban J connectivity index is 1.80. The minimum absolute atomic E-state index is 0.0269. The molecular weight excluding hydrogens is 373 g/mol. The predicted octanol–water partition coefficient (Wildman–Crippen LogP) is 3.45. The number of halogens is 3.